The highest BCUT2D eigenvalue weighted by atomic mass is 19.2. The minimum Gasteiger partial charge on any atom is -0.308 e. The van der Waals surface area contributed by atoms with E-state index in [-0.39, 0.29) is 0 Å². The normalized spacial score (nSPS) is 25.9. The number of nitrogens with one attached hydrogen (secondary N) is 1. The molecule has 0 saturated carbocycles. The van der Waals surface area contributed by atoms with Gasteiger partial charge in [0.1, 0.15) is 0 Å². The highest BCUT2D eigenvalue weighted by Crippen LogP contribution is 2.33. The molecule has 15 heavy (non-hydrogen) atoms. The van der Waals surface area contributed by atoms with Crippen molar-refractivity contribution in [1.82, 2.24) is 5.32 Å². The van der Waals surface area contributed by atoms with Crippen molar-refractivity contribution < 1.29 is 8.78 Å². The van der Waals surface area contributed by atoms with E-state index in [1.165, 1.54) is 6.07 Å². The third-order valence-electron chi connectivity index (χ3n) is 3.14. The van der Waals surface area contributed by atoms with Crippen molar-refractivity contribution in [3.63, 3.8) is 0 Å². The Morgan fingerprint density at radius 3 is 2.67 bits per heavy atom. The Balaban J connectivity index is 2.51. The number of hydrogen-bond acceptors (Lipinski definition) is 1. The van der Waals surface area contributed by atoms with Crippen molar-refractivity contribution in [3.8, 4) is 0 Å². The molecule has 1 aliphatic heterocycles. The van der Waals surface area contributed by atoms with E-state index < -0.39 is 17.2 Å². The van der Waals surface area contributed by atoms with Crippen LogP contribution in [0, 0.1) is 18.6 Å². The summed E-state index contributed by atoms with van der Waals surface area (Å²) in [5, 5.41) is 3.24. The van der Waals surface area contributed by atoms with Crippen LogP contribution in [0.3, 0.4) is 0 Å². The Kier molecular flexibility index (Phi) is 2.51. The Labute approximate surface area is 88.5 Å². The molecule has 2 rings (SSSR count). The molecule has 1 nitrogen and oxygen atoms in total. The van der Waals surface area contributed by atoms with E-state index in [0.29, 0.717) is 5.56 Å². The summed E-state index contributed by atoms with van der Waals surface area (Å²) in [6, 6.07) is 2.97. The Morgan fingerprint density at radius 1 is 1.33 bits per heavy atom. The molecular weight excluding hydrogens is 196 g/mol. The van der Waals surface area contributed by atoms with Gasteiger partial charge in [-0.2, -0.15) is 0 Å². The number of hydrogen-bond donors (Lipinski definition) is 1. The number of rotatable bonds is 1. The fourth-order valence-corrected chi connectivity index (χ4v) is 2.25. The Bertz CT molecular complexity index is 381. The molecule has 1 aromatic carbocycles. The van der Waals surface area contributed by atoms with Crippen LogP contribution in [0.2, 0.25) is 0 Å². The molecule has 0 aliphatic carbocycles. The number of aryl methyl sites for hydroxylation is 1. The molecular formula is C12H15F2N. The van der Waals surface area contributed by atoms with Gasteiger partial charge in [0.2, 0.25) is 0 Å². The standard InChI is InChI=1S/C12H15F2N/c1-8-6-9(11(14)10(13)7-8)12(2)4-3-5-15-12/h6-7,15H,3-5H2,1-2H3. The van der Waals surface area contributed by atoms with Crippen LogP contribution in [0.4, 0.5) is 8.78 Å². The highest BCUT2D eigenvalue weighted by Gasteiger charge is 2.33. The van der Waals surface area contributed by atoms with Gasteiger partial charge in [0.15, 0.2) is 11.6 Å². The van der Waals surface area contributed by atoms with Crippen LogP contribution in [0.1, 0.15) is 30.9 Å². The summed E-state index contributed by atoms with van der Waals surface area (Å²) in [5.74, 6) is -1.46. The molecule has 1 atom stereocenters. The first-order valence-corrected chi connectivity index (χ1v) is 5.24. The predicted molar refractivity (Wildman–Crippen MR) is 55.7 cm³/mol. The van der Waals surface area contributed by atoms with Crippen LogP contribution in [-0.4, -0.2) is 6.54 Å². The monoisotopic (exact) mass is 211 g/mol. The fourth-order valence-electron chi connectivity index (χ4n) is 2.25. The molecule has 0 spiro atoms. The zero-order valence-corrected chi connectivity index (χ0v) is 9.03. The lowest BCUT2D eigenvalue weighted by molar-refractivity contribution is 0.394. The lowest BCUT2D eigenvalue weighted by Crippen LogP contribution is -2.34. The third kappa shape index (κ3) is 1.76. The van der Waals surface area contributed by atoms with Crippen molar-refractivity contribution in [2.24, 2.45) is 0 Å². The Hall–Kier alpha value is -0.960. The van der Waals surface area contributed by atoms with Crippen molar-refractivity contribution in [2.45, 2.75) is 32.2 Å². The molecule has 0 bridgehead atoms. The summed E-state index contributed by atoms with van der Waals surface area (Å²) in [4.78, 5) is 0. The molecule has 1 heterocycles. The van der Waals surface area contributed by atoms with Gasteiger partial charge in [0.25, 0.3) is 0 Å². The lowest BCUT2D eigenvalue weighted by Gasteiger charge is -2.26. The smallest absolute Gasteiger partial charge is 0.163 e. The first kappa shape index (κ1) is 10.6. The van der Waals surface area contributed by atoms with Crippen molar-refractivity contribution >= 4 is 0 Å². The molecule has 0 aromatic heterocycles. The largest absolute Gasteiger partial charge is 0.308 e. The van der Waals surface area contributed by atoms with Crippen LogP contribution in [0.5, 0.6) is 0 Å². The summed E-state index contributed by atoms with van der Waals surface area (Å²) in [5.41, 5.74) is 0.813. The van der Waals surface area contributed by atoms with E-state index in [2.05, 4.69) is 5.32 Å². The average molecular weight is 211 g/mol. The van der Waals surface area contributed by atoms with Gasteiger partial charge < -0.3 is 5.32 Å². The molecule has 1 fully saturated rings. The molecule has 3 heteroatoms. The molecule has 1 aliphatic rings. The molecule has 1 aromatic rings. The maximum absolute atomic E-state index is 13.7. The Morgan fingerprint density at radius 2 is 2.07 bits per heavy atom. The van der Waals surface area contributed by atoms with Gasteiger partial charge in [-0.05, 0) is 44.9 Å². The summed E-state index contributed by atoms with van der Waals surface area (Å²) in [7, 11) is 0. The van der Waals surface area contributed by atoms with Crippen LogP contribution < -0.4 is 5.32 Å². The lowest BCUT2D eigenvalue weighted by atomic mass is 9.89. The SMILES string of the molecule is Cc1cc(F)c(F)c(C2(C)CCCN2)c1. The quantitative estimate of drug-likeness (QED) is 0.753. The first-order chi connectivity index (χ1) is 7.03. The van der Waals surface area contributed by atoms with Crippen molar-refractivity contribution in [2.75, 3.05) is 6.54 Å². The van der Waals surface area contributed by atoms with E-state index in [9.17, 15) is 8.78 Å². The van der Waals surface area contributed by atoms with Gasteiger partial charge in [-0.15, -0.1) is 0 Å². The average Bonchev–Trinajstić information content (AvgIpc) is 2.59. The van der Waals surface area contributed by atoms with Crippen molar-refractivity contribution in [1.29, 1.82) is 0 Å². The second-order valence-electron chi connectivity index (χ2n) is 4.47. The second-order valence-corrected chi connectivity index (χ2v) is 4.47. The van der Waals surface area contributed by atoms with Gasteiger partial charge in [-0.25, -0.2) is 8.78 Å². The van der Waals surface area contributed by atoms with Crippen LogP contribution in [0.25, 0.3) is 0 Å². The zero-order valence-electron chi connectivity index (χ0n) is 9.03. The van der Waals surface area contributed by atoms with E-state index in [1.807, 2.05) is 6.92 Å². The first-order valence-electron chi connectivity index (χ1n) is 5.24. The summed E-state index contributed by atoms with van der Waals surface area (Å²) in [6.07, 6.45) is 1.86. The summed E-state index contributed by atoms with van der Waals surface area (Å²) >= 11 is 0. The van der Waals surface area contributed by atoms with Crippen LogP contribution in [-0.2, 0) is 5.54 Å². The molecule has 1 N–H and O–H groups in total. The molecule has 0 radical (unpaired) electrons. The maximum atomic E-state index is 13.7. The minimum atomic E-state index is -0.750. The predicted octanol–water partition coefficient (Wildman–Crippen LogP) is 2.87. The molecule has 1 saturated heterocycles. The minimum absolute atomic E-state index is 0.406. The maximum Gasteiger partial charge on any atom is 0.163 e. The van der Waals surface area contributed by atoms with Crippen molar-refractivity contribution in [3.05, 3.63) is 34.9 Å². The van der Waals surface area contributed by atoms with Gasteiger partial charge in [0.05, 0.1) is 0 Å². The third-order valence-corrected chi connectivity index (χ3v) is 3.14. The van der Waals surface area contributed by atoms with Gasteiger partial charge in [-0.3, -0.25) is 0 Å². The van der Waals surface area contributed by atoms with Gasteiger partial charge in [0, 0.05) is 11.1 Å². The van der Waals surface area contributed by atoms with Gasteiger partial charge in [-0.1, -0.05) is 6.07 Å². The summed E-state index contributed by atoms with van der Waals surface area (Å²) < 4.78 is 26.9. The highest BCUT2D eigenvalue weighted by molar-refractivity contribution is 5.31. The number of halogens is 2. The number of benzene rings is 1. The van der Waals surface area contributed by atoms with Crippen LogP contribution in [0.15, 0.2) is 12.1 Å². The topological polar surface area (TPSA) is 12.0 Å². The zero-order chi connectivity index (χ0) is 11.1. The van der Waals surface area contributed by atoms with Gasteiger partial charge >= 0.3 is 0 Å². The van der Waals surface area contributed by atoms with Crippen LogP contribution >= 0.6 is 0 Å². The van der Waals surface area contributed by atoms with E-state index >= 15 is 0 Å². The van der Waals surface area contributed by atoms with E-state index in [1.54, 1.807) is 13.0 Å². The molecule has 0 amide bonds. The summed E-state index contributed by atoms with van der Waals surface area (Å²) in [6.45, 7) is 4.58. The molecule has 82 valence electrons. The second kappa shape index (κ2) is 3.56. The fraction of sp³-hybridized carbons (Fsp3) is 0.500. The van der Waals surface area contributed by atoms with E-state index in [4.69, 9.17) is 0 Å². The molecule has 1 unspecified atom stereocenters. The van der Waals surface area contributed by atoms with E-state index in [0.717, 1.165) is 24.9 Å².